The number of nitrogens with zero attached hydrogens (tertiary/aromatic N) is 1. The number of unbranched alkanes of at least 4 members (excludes halogenated alkanes) is 36. The van der Waals surface area contributed by atoms with Gasteiger partial charge in [0.05, 0.1) is 31.4 Å². The second kappa shape index (κ2) is 47.6. The van der Waals surface area contributed by atoms with Crippen molar-refractivity contribution in [3.63, 3.8) is 0 Å². The lowest BCUT2D eigenvalue weighted by Crippen LogP contribution is -2.13. The quantitative estimate of drug-likeness (QED) is 0.0138. The van der Waals surface area contributed by atoms with Gasteiger partial charge in [-0.1, -0.05) is 277 Å². The van der Waals surface area contributed by atoms with Crippen molar-refractivity contribution in [1.82, 2.24) is 0 Å². The van der Waals surface area contributed by atoms with Crippen LogP contribution in [0, 0.1) is 10.1 Å². The molecule has 0 amide bonds. The Bertz CT molecular complexity index is 2370. The number of esters is 2. The molecule has 0 heterocycles. The first kappa shape index (κ1) is 71.9. The van der Waals surface area contributed by atoms with Crippen molar-refractivity contribution in [3.05, 3.63) is 100 Å². The van der Waals surface area contributed by atoms with Gasteiger partial charge in [-0.3, -0.25) is 10.1 Å². The van der Waals surface area contributed by atoms with Crippen LogP contribution in [0.1, 0.15) is 305 Å². The van der Waals surface area contributed by atoms with Crippen LogP contribution in [0.5, 0.6) is 34.5 Å². The Hall–Kier alpha value is -5.58. The lowest BCUT2D eigenvalue weighted by atomic mass is 10.0. The van der Waals surface area contributed by atoms with E-state index in [2.05, 4.69) is 27.7 Å². The highest BCUT2D eigenvalue weighted by Crippen LogP contribution is 2.36. The van der Waals surface area contributed by atoms with E-state index in [4.69, 9.17) is 28.4 Å². The van der Waals surface area contributed by atoms with Gasteiger partial charge < -0.3 is 28.4 Å². The van der Waals surface area contributed by atoms with E-state index >= 15 is 0 Å². The summed E-state index contributed by atoms with van der Waals surface area (Å²) in [4.78, 5) is 39.8. The summed E-state index contributed by atoms with van der Waals surface area (Å²) in [5, 5.41) is 12.6. The van der Waals surface area contributed by atoms with Gasteiger partial charge in [0.25, 0.3) is 0 Å². The van der Waals surface area contributed by atoms with Crippen LogP contribution in [0.4, 0.5) is 5.69 Å². The van der Waals surface area contributed by atoms with E-state index in [1.54, 1.807) is 66.7 Å². The van der Waals surface area contributed by atoms with Gasteiger partial charge in [0, 0.05) is 18.2 Å². The summed E-state index contributed by atoms with van der Waals surface area (Å²) in [5.74, 6) is 0.810. The van der Waals surface area contributed by atoms with Crippen LogP contribution in [-0.2, 0) is 0 Å². The summed E-state index contributed by atoms with van der Waals surface area (Å²) in [5.41, 5.74) is 1.26. The molecule has 0 aliphatic carbocycles. The molecule has 4 aromatic rings. The van der Waals surface area contributed by atoms with Crippen LogP contribution in [0.3, 0.4) is 0 Å². The zero-order valence-corrected chi connectivity index (χ0v) is 53.6. The average molecular weight is 1180 g/mol. The molecule has 0 fully saturated rings. The molecule has 85 heavy (non-hydrogen) atoms. The molecule has 0 aliphatic heterocycles. The second-order valence-electron chi connectivity index (χ2n) is 23.7. The van der Waals surface area contributed by atoms with Crippen molar-refractivity contribution in [1.29, 1.82) is 0 Å². The highest BCUT2D eigenvalue weighted by atomic mass is 16.6. The van der Waals surface area contributed by atoms with Gasteiger partial charge in [0.15, 0.2) is 0 Å². The third kappa shape index (κ3) is 32.1. The van der Waals surface area contributed by atoms with Crippen molar-refractivity contribution in [2.45, 2.75) is 285 Å². The first-order valence-electron chi connectivity index (χ1n) is 34.4. The van der Waals surface area contributed by atoms with Crippen molar-refractivity contribution in [3.8, 4) is 45.6 Å². The molecular formula is C74H113NO10. The molecule has 0 aromatic heterocycles. The molecule has 0 atom stereocenters. The van der Waals surface area contributed by atoms with E-state index in [1.165, 1.54) is 205 Å². The number of rotatable bonds is 54. The highest BCUT2D eigenvalue weighted by Gasteiger charge is 2.24. The van der Waals surface area contributed by atoms with Crippen molar-refractivity contribution in [2.75, 3.05) is 26.4 Å². The van der Waals surface area contributed by atoms with Crippen LogP contribution >= 0.6 is 0 Å². The fraction of sp³-hybridized carbons (Fsp3) is 0.649. The fourth-order valence-corrected chi connectivity index (χ4v) is 10.8. The molecule has 4 rings (SSSR count). The SMILES string of the molecule is CCCCCCCCCCCCOc1ccc(C(=O)Oc2ccc(-c3ccc(OC(=O)c4ccc(OCCCCCCCCCCCC)cc4OCCCCCCCCCCCC)c([N+](=O)[O-])c3)cc2)c(OCCCCCCCCCCCC)c1. The van der Waals surface area contributed by atoms with Crippen LogP contribution in [0.2, 0.25) is 0 Å². The normalized spacial score (nSPS) is 11.2. The summed E-state index contributed by atoms with van der Waals surface area (Å²) in [6.07, 6.45) is 48.9. The van der Waals surface area contributed by atoms with Gasteiger partial charge in [0.1, 0.15) is 39.9 Å². The van der Waals surface area contributed by atoms with Crippen LogP contribution in [0.15, 0.2) is 78.9 Å². The zero-order valence-electron chi connectivity index (χ0n) is 53.6. The molecule has 0 saturated heterocycles. The Labute approximate surface area is 515 Å². The minimum atomic E-state index is -0.764. The van der Waals surface area contributed by atoms with E-state index in [0.717, 1.165) is 64.2 Å². The van der Waals surface area contributed by atoms with Gasteiger partial charge in [-0.15, -0.1) is 0 Å². The number of hydrogen-bond acceptors (Lipinski definition) is 10. The number of carbonyl (C=O) groups excluding carboxylic acids is 2. The number of carbonyl (C=O) groups is 2. The van der Waals surface area contributed by atoms with E-state index in [-0.39, 0.29) is 17.0 Å². The third-order valence-electron chi connectivity index (χ3n) is 16.1. The average Bonchev–Trinajstić information content (AvgIpc) is 2.92. The molecule has 0 unspecified atom stereocenters. The van der Waals surface area contributed by atoms with Crippen molar-refractivity contribution < 1.29 is 42.9 Å². The fourth-order valence-electron chi connectivity index (χ4n) is 10.8. The summed E-state index contributed by atoms with van der Waals surface area (Å²) in [7, 11) is 0. The molecule has 0 N–H and O–H groups in total. The topological polar surface area (TPSA) is 133 Å². The molecule has 474 valence electrons. The standard InChI is InChI=1S/C74H113NO10/c1-5-9-13-17-21-25-29-33-37-41-55-80-65-50-52-67(71(60-65)82-57-43-39-35-31-27-23-19-15-11-7-3)73(76)84-64-48-45-62(46-49-64)63-47-54-70(69(59-63)75(78)79)85-74(77)68-53-51-66(81-56-42-38-34-30-26-22-18-14-10-6-2)61-72(68)83-58-44-40-36-32-28-24-20-16-12-8-4/h45-54,59-61H,5-44,55-58H2,1-4H3. The van der Waals surface area contributed by atoms with E-state index in [9.17, 15) is 19.7 Å². The number of nitro groups is 1. The third-order valence-corrected chi connectivity index (χ3v) is 16.1. The summed E-state index contributed by atoms with van der Waals surface area (Å²) in [6, 6.07) is 21.7. The predicted octanol–water partition coefficient (Wildman–Crippen LogP) is 22.9. The van der Waals surface area contributed by atoms with Crippen LogP contribution < -0.4 is 28.4 Å². The van der Waals surface area contributed by atoms with Crippen LogP contribution in [0.25, 0.3) is 11.1 Å². The van der Waals surface area contributed by atoms with Gasteiger partial charge in [-0.05, 0) is 79.3 Å². The number of ether oxygens (including phenoxy) is 6. The van der Waals surface area contributed by atoms with E-state index in [1.807, 2.05) is 0 Å². The van der Waals surface area contributed by atoms with Gasteiger partial charge in [-0.25, -0.2) is 9.59 Å². The lowest BCUT2D eigenvalue weighted by Gasteiger charge is -2.14. The minimum absolute atomic E-state index is 0.165. The molecule has 0 bridgehead atoms. The minimum Gasteiger partial charge on any atom is -0.493 e. The van der Waals surface area contributed by atoms with E-state index < -0.39 is 16.9 Å². The smallest absolute Gasteiger partial charge is 0.347 e. The summed E-state index contributed by atoms with van der Waals surface area (Å²) in [6.45, 7) is 11.1. The maximum absolute atomic E-state index is 13.9. The Morgan fingerprint density at radius 2 is 0.612 bits per heavy atom. The Balaban J connectivity index is 1.38. The van der Waals surface area contributed by atoms with Crippen LogP contribution in [-0.4, -0.2) is 43.3 Å². The largest absolute Gasteiger partial charge is 0.493 e. The summed E-state index contributed by atoms with van der Waals surface area (Å²) >= 11 is 0. The number of nitro benzene ring substituents is 1. The van der Waals surface area contributed by atoms with Crippen molar-refractivity contribution in [2.24, 2.45) is 0 Å². The molecule has 0 radical (unpaired) electrons. The second-order valence-corrected chi connectivity index (χ2v) is 23.7. The number of hydrogen-bond donors (Lipinski definition) is 0. The monoisotopic (exact) mass is 1180 g/mol. The summed E-state index contributed by atoms with van der Waals surface area (Å²) < 4.78 is 36.6. The lowest BCUT2D eigenvalue weighted by molar-refractivity contribution is -0.385. The molecule has 0 saturated carbocycles. The van der Waals surface area contributed by atoms with Gasteiger partial charge in [-0.2, -0.15) is 0 Å². The Morgan fingerprint density at radius 1 is 0.318 bits per heavy atom. The molecule has 11 nitrogen and oxygen atoms in total. The first-order chi connectivity index (χ1) is 41.8. The zero-order chi connectivity index (χ0) is 60.6. The number of benzene rings is 4. The highest BCUT2D eigenvalue weighted by molar-refractivity contribution is 5.95. The maximum Gasteiger partial charge on any atom is 0.347 e. The predicted molar refractivity (Wildman–Crippen MR) is 351 cm³/mol. The molecular weight excluding hydrogens is 1060 g/mol. The van der Waals surface area contributed by atoms with E-state index in [0.29, 0.717) is 71.9 Å². The molecule has 4 aromatic carbocycles. The Morgan fingerprint density at radius 3 is 0.953 bits per heavy atom. The molecule has 11 heteroatoms. The maximum atomic E-state index is 13.9. The molecule has 0 aliphatic rings. The van der Waals surface area contributed by atoms with Gasteiger partial charge >= 0.3 is 17.6 Å². The first-order valence-corrected chi connectivity index (χ1v) is 34.4. The van der Waals surface area contributed by atoms with Crippen molar-refractivity contribution >= 4 is 17.6 Å². The van der Waals surface area contributed by atoms with Gasteiger partial charge in [0.2, 0.25) is 5.75 Å². The Kier molecular flexibility index (Phi) is 40.2. The molecule has 0 spiro atoms.